The summed E-state index contributed by atoms with van der Waals surface area (Å²) in [6.07, 6.45) is 0. The lowest BCUT2D eigenvalue weighted by Gasteiger charge is -2.06. The molecule has 0 saturated carbocycles. The largest absolute Gasteiger partial charge is 0.465 e. The quantitative estimate of drug-likeness (QED) is 0.775. The summed E-state index contributed by atoms with van der Waals surface area (Å²) in [6.45, 7) is -0.351. The van der Waals surface area contributed by atoms with Crippen molar-refractivity contribution in [3.05, 3.63) is 33.8 Å². The van der Waals surface area contributed by atoms with Crippen LogP contribution >= 0.6 is 11.6 Å². The Balaban J connectivity index is 3.35. The molecule has 1 rings (SSSR count). The van der Waals surface area contributed by atoms with Gasteiger partial charge in [0.15, 0.2) is 0 Å². The van der Waals surface area contributed by atoms with E-state index in [1.54, 1.807) is 0 Å². The Hall–Kier alpha value is -1.57. The standard InChI is InChI=1S/C10H8ClNO3/c1-15-10(14)8-3-9(11)6(4-12)2-7(8)5-13/h2-3,13H,5H2,1H3. The van der Waals surface area contributed by atoms with Crippen LogP contribution in [0.5, 0.6) is 0 Å². The van der Waals surface area contributed by atoms with E-state index < -0.39 is 5.97 Å². The van der Waals surface area contributed by atoms with E-state index in [-0.39, 0.29) is 22.8 Å². The number of benzene rings is 1. The third kappa shape index (κ3) is 2.27. The highest BCUT2D eigenvalue weighted by atomic mass is 35.5. The highest BCUT2D eigenvalue weighted by Crippen LogP contribution is 2.21. The highest BCUT2D eigenvalue weighted by Gasteiger charge is 2.14. The molecule has 0 amide bonds. The van der Waals surface area contributed by atoms with Gasteiger partial charge in [0.05, 0.1) is 29.9 Å². The molecular formula is C10H8ClNO3. The summed E-state index contributed by atoms with van der Waals surface area (Å²) in [6, 6.07) is 4.55. The molecule has 1 aromatic carbocycles. The fraction of sp³-hybridized carbons (Fsp3) is 0.200. The van der Waals surface area contributed by atoms with Crippen molar-refractivity contribution in [3.63, 3.8) is 0 Å². The van der Waals surface area contributed by atoms with Gasteiger partial charge in [-0.3, -0.25) is 0 Å². The topological polar surface area (TPSA) is 70.3 Å². The second-order valence-electron chi connectivity index (χ2n) is 2.75. The predicted molar refractivity (Wildman–Crippen MR) is 53.4 cm³/mol. The number of hydrogen-bond donors (Lipinski definition) is 1. The Labute approximate surface area is 91.7 Å². The molecule has 0 bridgehead atoms. The van der Waals surface area contributed by atoms with Gasteiger partial charge in [0.2, 0.25) is 0 Å². The molecule has 0 saturated heterocycles. The number of carbonyl (C=O) groups excluding carboxylic acids is 1. The summed E-state index contributed by atoms with van der Waals surface area (Å²) in [4.78, 5) is 11.3. The van der Waals surface area contributed by atoms with Crippen molar-refractivity contribution in [1.82, 2.24) is 0 Å². The molecule has 0 aliphatic heterocycles. The summed E-state index contributed by atoms with van der Waals surface area (Å²) in [7, 11) is 1.23. The first-order valence-electron chi connectivity index (χ1n) is 4.05. The first kappa shape index (κ1) is 11.5. The van der Waals surface area contributed by atoms with Crippen molar-refractivity contribution in [2.45, 2.75) is 6.61 Å². The summed E-state index contributed by atoms with van der Waals surface area (Å²) in [5.41, 5.74) is 0.708. The molecule has 5 heteroatoms. The molecule has 0 spiro atoms. The smallest absolute Gasteiger partial charge is 0.338 e. The van der Waals surface area contributed by atoms with Gasteiger partial charge in [-0.2, -0.15) is 5.26 Å². The van der Waals surface area contributed by atoms with E-state index in [0.717, 1.165) is 0 Å². The van der Waals surface area contributed by atoms with Crippen molar-refractivity contribution in [2.24, 2.45) is 0 Å². The van der Waals surface area contributed by atoms with Crippen LogP contribution in [0.4, 0.5) is 0 Å². The van der Waals surface area contributed by atoms with Crippen LogP contribution in [0.3, 0.4) is 0 Å². The number of ether oxygens (including phenoxy) is 1. The van der Waals surface area contributed by atoms with E-state index in [9.17, 15) is 4.79 Å². The van der Waals surface area contributed by atoms with Crippen LogP contribution in [0.15, 0.2) is 12.1 Å². The van der Waals surface area contributed by atoms with Crippen LogP contribution in [0, 0.1) is 11.3 Å². The lowest BCUT2D eigenvalue weighted by molar-refractivity contribution is 0.0597. The minimum absolute atomic E-state index is 0.162. The zero-order valence-corrected chi connectivity index (χ0v) is 8.71. The number of rotatable bonds is 2. The molecular weight excluding hydrogens is 218 g/mol. The Bertz CT molecular complexity index is 437. The molecule has 1 aromatic rings. The second kappa shape index (κ2) is 4.78. The minimum atomic E-state index is -0.592. The molecule has 0 heterocycles. The van der Waals surface area contributed by atoms with E-state index in [2.05, 4.69) is 4.74 Å². The van der Waals surface area contributed by atoms with Crippen molar-refractivity contribution < 1.29 is 14.6 Å². The lowest BCUT2D eigenvalue weighted by Crippen LogP contribution is -2.06. The number of carbonyl (C=O) groups is 1. The number of nitriles is 1. The van der Waals surface area contributed by atoms with Crippen molar-refractivity contribution >= 4 is 17.6 Å². The van der Waals surface area contributed by atoms with E-state index in [1.807, 2.05) is 6.07 Å². The van der Waals surface area contributed by atoms with Gasteiger partial charge in [0.1, 0.15) is 6.07 Å². The fourth-order valence-electron chi connectivity index (χ4n) is 1.13. The van der Waals surface area contributed by atoms with E-state index in [0.29, 0.717) is 5.56 Å². The molecule has 78 valence electrons. The zero-order chi connectivity index (χ0) is 11.4. The molecule has 0 fully saturated rings. The number of hydrogen-bond acceptors (Lipinski definition) is 4. The fourth-order valence-corrected chi connectivity index (χ4v) is 1.34. The van der Waals surface area contributed by atoms with Crippen molar-refractivity contribution in [3.8, 4) is 6.07 Å². The first-order valence-corrected chi connectivity index (χ1v) is 4.43. The lowest BCUT2D eigenvalue weighted by atomic mass is 10.0. The second-order valence-corrected chi connectivity index (χ2v) is 3.16. The molecule has 15 heavy (non-hydrogen) atoms. The maximum absolute atomic E-state index is 11.3. The van der Waals surface area contributed by atoms with E-state index >= 15 is 0 Å². The summed E-state index contributed by atoms with van der Waals surface area (Å²) >= 11 is 5.75. The van der Waals surface area contributed by atoms with Crippen LogP contribution < -0.4 is 0 Å². The number of esters is 1. The third-order valence-electron chi connectivity index (χ3n) is 1.89. The average molecular weight is 226 g/mol. The van der Waals surface area contributed by atoms with Crippen LogP contribution in [-0.2, 0) is 11.3 Å². The first-order chi connectivity index (χ1) is 7.13. The van der Waals surface area contributed by atoms with Gasteiger partial charge >= 0.3 is 5.97 Å². The van der Waals surface area contributed by atoms with Crippen LogP contribution in [0.25, 0.3) is 0 Å². The third-order valence-corrected chi connectivity index (χ3v) is 2.20. The van der Waals surface area contributed by atoms with Gasteiger partial charge in [0, 0.05) is 0 Å². The van der Waals surface area contributed by atoms with Crippen LogP contribution in [0.2, 0.25) is 5.02 Å². The molecule has 4 nitrogen and oxygen atoms in total. The maximum Gasteiger partial charge on any atom is 0.338 e. The van der Waals surface area contributed by atoms with Crippen molar-refractivity contribution in [1.29, 1.82) is 5.26 Å². The van der Waals surface area contributed by atoms with Gasteiger partial charge in [0.25, 0.3) is 0 Å². The van der Waals surface area contributed by atoms with Gasteiger partial charge in [-0.25, -0.2) is 4.79 Å². The number of aliphatic hydroxyl groups excluding tert-OH is 1. The molecule has 0 atom stereocenters. The Morgan fingerprint density at radius 2 is 2.33 bits per heavy atom. The molecule has 0 radical (unpaired) electrons. The van der Waals surface area contributed by atoms with Crippen LogP contribution in [-0.4, -0.2) is 18.2 Å². The predicted octanol–water partition coefficient (Wildman–Crippen LogP) is 1.49. The summed E-state index contributed by atoms with van der Waals surface area (Å²) in [5.74, 6) is -0.592. The van der Waals surface area contributed by atoms with Gasteiger partial charge in [-0.1, -0.05) is 11.6 Å². The van der Waals surface area contributed by atoms with E-state index in [4.69, 9.17) is 22.0 Å². The maximum atomic E-state index is 11.3. The molecule has 0 aliphatic rings. The number of nitrogens with zero attached hydrogens (tertiary/aromatic N) is 1. The van der Waals surface area contributed by atoms with Gasteiger partial charge in [-0.05, 0) is 17.7 Å². The monoisotopic (exact) mass is 225 g/mol. The number of halogens is 1. The molecule has 1 N–H and O–H groups in total. The minimum Gasteiger partial charge on any atom is -0.465 e. The zero-order valence-electron chi connectivity index (χ0n) is 7.95. The average Bonchev–Trinajstić information content (AvgIpc) is 2.27. The molecule has 0 unspecified atom stereocenters. The Morgan fingerprint density at radius 3 is 2.80 bits per heavy atom. The van der Waals surface area contributed by atoms with Gasteiger partial charge in [-0.15, -0.1) is 0 Å². The molecule has 0 aromatic heterocycles. The normalized spacial score (nSPS) is 9.47. The highest BCUT2D eigenvalue weighted by molar-refractivity contribution is 6.32. The summed E-state index contributed by atoms with van der Waals surface area (Å²) < 4.78 is 4.52. The van der Waals surface area contributed by atoms with E-state index in [1.165, 1.54) is 19.2 Å². The van der Waals surface area contributed by atoms with Crippen LogP contribution in [0.1, 0.15) is 21.5 Å². The Kier molecular flexibility index (Phi) is 3.67. The number of aliphatic hydroxyl groups is 1. The van der Waals surface area contributed by atoms with Gasteiger partial charge < -0.3 is 9.84 Å². The number of methoxy groups -OCH3 is 1. The SMILES string of the molecule is COC(=O)c1cc(Cl)c(C#N)cc1CO. The molecule has 0 aliphatic carbocycles. The summed E-state index contributed by atoms with van der Waals surface area (Å²) in [5, 5.41) is 17.9. The Morgan fingerprint density at radius 1 is 1.67 bits per heavy atom. The van der Waals surface area contributed by atoms with Crippen molar-refractivity contribution in [2.75, 3.05) is 7.11 Å².